The van der Waals surface area contributed by atoms with Gasteiger partial charge < -0.3 is 4.42 Å². The molecular formula is C20H21ClN2O4S2. The van der Waals surface area contributed by atoms with Crippen LogP contribution in [0.3, 0.4) is 0 Å². The highest BCUT2D eigenvalue weighted by atomic mass is 35.5. The second-order valence-electron chi connectivity index (χ2n) is 6.40. The van der Waals surface area contributed by atoms with Crippen molar-refractivity contribution >= 4 is 44.4 Å². The zero-order valence-electron chi connectivity index (χ0n) is 16.3. The Morgan fingerprint density at radius 1 is 1.17 bits per heavy atom. The number of hydrogen-bond acceptors (Lipinski definition) is 6. The summed E-state index contributed by atoms with van der Waals surface area (Å²) >= 11 is 7.63. The van der Waals surface area contributed by atoms with E-state index in [0.29, 0.717) is 34.5 Å². The Bertz CT molecular complexity index is 1190. The third-order valence-corrected chi connectivity index (χ3v) is 7.97. The van der Waals surface area contributed by atoms with Crippen LogP contribution >= 0.6 is 23.4 Å². The molecule has 9 heteroatoms. The van der Waals surface area contributed by atoms with Crippen LogP contribution in [0, 0.1) is 6.92 Å². The number of halogens is 1. The van der Waals surface area contributed by atoms with Crippen molar-refractivity contribution in [1.82, 2.24) is 9.29 Å². The second kappa shape index (κ2) is 8.87. The Morgan fingerprint density at radius 2 is 1.90 bits per heavy atom. The monoisotopic (exact) mass is 452 g/mol. The largest absolute Gasteiger partial charge is 0.423 e. The molecule has 0 saturated carbocycles. The molecule has 3 rings (SSSR count). The van der Waals surface area contributed by atoms with Crippen molar-refractivity contribution in [2.24, 2.45) is 0 Å². The van der Waals surface area contributed by atoms with Gasteiger partial charge in [-0.1, -0.05) is 25.4 Å². The Labute approximate surface area is 178 Å². The summed E-state index contributed by atoms with van der Waals surface area (Å²) in [5, 5.41) is 2.03. The minimum Gasteiger partial charge on any atom is -0.423 e. The molecule has 2 heterocycles. The lowest BCUT2D eigenvalue weighted by Crippen LogP contribution is -2.30. The van der Waals surface area contributed by atoms with Crippen LogP contribution in [0.5, 0.6) is 0 Å². The van der Waals surface area contributed by atoms with E-state index >= 15 is 0 Å². The first-order valence-corrected chi connectivity index (χ1v) is 11.9. The SMILES string of the molecule is CCN(CC)S(=O)(=O)c1ccc(SCc2cc(=O)oc3cc(C)c(Cl)cc23)nc1. The lowest BCUT2D eigenvalue weighted by molar-refractivity contribution is 0.445. The number of aromatic nitrogens is 1. The molecule has 0 N–H and O–H groups in total. The summed E-state index contributed by atoms with van der Waals surface area (Å²) in [6.07, 6.45) is 1.37. The maximum Gasteiger partial charge on any atom is 0.336 e. The minimum absolute atomic E-state index is 0.165. The quantitative estimate of drug-likeness (QED) is 0.388. The van der Waals surface area contributed by atoms with E-state index < -0.39 is 15.6 Å². The molecular weight excluding hydrogens is 432 g/mol. The molecule has 0 radical (unpaired) electrons. The maximum absolute atomic E-state index is 12.5. The number of rotatable bonds is 7. The van der Waals surface area contributed by atoms with Gasteiger partial charge in [-0.05, 0) is 42.3 Å². The van der Waals surface area contributed by atoms with Gasteiger partial charge in [0.2, 0.25) is 10.0 Å². The summed E-state index contributed by atoms with van der Waals surface area (Å²) in [5.41, 5.74) is 1.68. The highest BCUT2D eigenvalue weighted by molar-refractivity contribution is 7.98. The Hall–Kier alpha value is -1.87. The van der Waals surface area contributed by atoms with Crippen molar-refractivity contribution in [3.63, 3.8) is 0 Å². The minimum atomic E-state index is -3.54. The number of sulfonamides is 1. The van der Waals surface area contributed by atoms with Gasteiger partial charge in [-0.3, -0.25) is 0 Å². The van der Waals surface area contributed by atoms with Crippen LogP contribution in [0.4, 0.5) is 0 Å². The van der Waals surface area contributed by atoms with E-state index in [-0.39, 0.29) is 4.90 Å². The molecule has 0 spiro atoms. The number of nitrogens with zero attached hydrogens (tertiary/aromatic N) is 2. The topological polar surface area (TPSA) is 80.5 Å². The predicted molar refractivity (Wildman–Crippen MR) is 116 cm³/mol. The van der Waals surface area contributed by atoms with Gasteiger partial charge in [0, 0.05) is 41.5 Å². The van der Waals surface area contributed by atoms with Crippen LogP contribution in [0.25, 0.3) is 11.0 Å². The third kappa shape index (κ3) is 4.66. The van der Waals surface area contributed by atoms with Gasteiger partial charge in [-0.2, -0.15) is 4.31 Å². The van der Waals surface area contributed by atoms with E-state index in [4.69, 9.17) is 16.0 Å². The summed E-state index contributed by atoms with van der Waals surface area (Å²) in [5.74, 6) is 0.469. The molecule has 0 atom stereocenters. The molecule has 0 bridgehead atoms. The van der Waals surface area contributed by atoms with E-state index in [9.17, 15) is 13.2 Å². The Morgan fingerprint density at radius 3 is 2.52 bits per heavy atom. The number of pyridine rings is 1. The maximum atomic E-state index is 12.5. The van der Waals surface area contributed by atoms with E-state index in [1.165, 1.54) is 28.3 Å². The first-order valence-electron chi connectivity index (χ1n) is 9.08. The zero-order valence-corrected chi connectivity index (χ0v) is 18.7. The lowest BCUT2D eigenvalue weighted by Gasteiger charge is -2.18. The van der Waals surface area contributed by atoms with E-state index in [0.717, 1.165) is 16.5 Å². The van der Waals surface area contributed by atoms with Gasteiger partial charge in [0.15, 0.2) is 0 Å². The van der Waals surface area contributed by atoms with Crippen molar-refractivity contribution < 1.29 is 12.8 Å². The Kier molecular flexibility index (Phi) is 6.68. The molecule has 0 unspecified atom stereocenters. The second-order valence-corrected chi connectivity index (χ2v) is 9.74. The molecule has 6 nitrogen and oxygen atoms in total. The third-order valence-electron chi connectivity index (χ3n) is 4.54. The number of thioether (sulfide) groups is 1. The number of benzene rings is 1. The van der Waals surface area contributed by atoms with Crippen LogP contribution in [0.2, 0.25) is 5.02 Å². The van der Waals surface area contributed by atoms with E-state index in [1.807, 2.05) is 6.92 Å². The summed E-state index contributed by atoms with van der Waals surface area (Å²) in [7, 11) is -3.54. The van der Waals surface area contributed by atoms with Gasteiger partial charge in [-0.15, -0.1) is 11.8 Å². The average Bonchev–Trinajstić information content (AvgIpc) is 2.68. The summed E-state index contributed by atoms with van der Waals surface area (Å²) in [4.78, 5) is 16.3. The molecule has 2 aromatic heterocycles. The zero-order chi connectivity index (χ0) is 21.2. The standard InChI is InChI=1S/C20H21ClN2O4S2/c1-4-23(5-2)29(25,26)15-6-7-19(22-11-15)28-12-14-9-20(24)27-18-8-13(3)17(21)10-16(14)18/h6-11H,4-5,12H2,1-3H3. The molecule has 154 valence electrons. The van der Waals surface area contributed by atoms with Crippen LogP contribution < -0.4 is 5.63 Å². The number of aryl methyl sites for hydroxylation is 1. The van der Waals surface area contributed by atoms with Crippen molar-refractivity contribution in [3.05, 3.63) is 63.1 Å². The molecule has 0 amide bonds. The van der Waals surface area contributed by atoms with Crippen LogP contribution in [0.1, 0.15) is 25.0 Å². The number of hydrogen-bond donors (Lipinski definition) is 0. The van der Waals surface area contributed by atoms with Crippen LogP contribution in [0.15, 0.2) is 55.7 Å². The van der Waals surface area contributed by atoms with Crippen LogP contribution in [-0.2, 0) is 15.8 Å². The summed E-state index contributed by atoms with van der Waals surface area (Å²) in [6, 6.07) is 8.21. The highest BCUT2D eigenvalue weighted by Gasteiger charge is 2.21. The smallest absolute Gasteiger partial charge is 0.336 e. The fourth-order valence-electron chi connectivity index (χ4n) is 2.94. The van der Waals surface area contributed by atoms with Crippen molar-refractivity contribution in [3.8, 4) is 0 Å². The van der Waals surface area contributed by atoms with Gasteiger partial charge >= 0.3 is 5.63 Å². The van der Waals surface area contributed by atoms with Crippen molar-refractivity contribution in [1.29, 1.82) is 0 Å². The lowest BCUT2D eigenvalue weighted by atomic mass is 10.1. The molecule has 0 fully saturated rings. The average molecular weight is 453 g/mol. The van der Waals surface area contributed by atoms with Crippen LogP contribution in [-0.4, -0.2) is 30.8 Å². The number of fused-ring (bicyclic) bond motifs is 1. The van der Waals surface area contributed by atoms with Gasteiger partial charge in [0.1, 0.15) is 10.5 Å². The fraction of sp³-hybridized carbons (Fsp3) is 0.300. The molecule has 0 saturated heterocycles. The highest BCUT2D eigenvalue weighted by Crippen LogP contribution is 2.29. The molecule has 29 heavy (non-hydrogen) atoms. The van der Waals surface area contributed by atoms with Gasteiger partial charge in [0.25, 0.3) is 0 Å². The van der Waals surface area contributed by atoms with Crippen molar-refractivity contribution in [2.75, 3.05) is 13.1 Å². The van der Waals surface area contributed by atoms with E-state index in [2.05, 4.69) is 4.98 Å². The molecule has 1 aromatic carbocycles. The molecule has 3 aromatic rings. The van der Waals surface area contributed by atoms with E-state index in [1.54, 1.807) is 38.1 Å². The van der Waals surface area contributed by atoms with Gasteiger partial charge in [-0.25, -0.2) is 18.2 Å². The first-order chi connectivity index (χ1) is 13.8. The fourth-order valence-corrected chi connectivity index (χ4v) is 5.34. The van der Waals surface area contributed by atoms with Gasteiger partial charge in [0.05, 0.1) is 5.03 Å². The van der Waals surface area contributed by atoms with Crippen molar-refractivity contribution in [2.45, 2.75) is 36.4 Å². The summed E-state index contributed by atoms with van der Waals surface area (Å²) in [6.45, 7) is 6.25. The first kappa shape index (κ1) is 21.8. The molecule has 0 aliphatic heterocycles. The summed E-state index contributed by atoms with van der Waals surface area (Å²) < 4.78 is 31.8. The predicted octanol–water partition coefficient (Wildman–Crippen LogP) is 4.47. The molecule has 0 aliphatic carbocycles. The normalized spacial score (nSPS) is 12.0. The molecule has 0 aliphatic rings. The Balaban J connectivity index is 1.84.